The van der Waals surface area contributed by atoms with Crippen molar-refractivity contribution in [3.8, 4) is 11.8 Å². The number of carbonyl (C=O) groups excluding carboxylic acids is 1. The van der Waals surface area contributed by atoms with Crippen LogP contribution in [0.15, 0.2) is 11.4 Å². The molecule has 102 valence electrons. The highest BCUT2D eigenvalue weighted by atomic mass is 32.1. The Labute approximate surface area is 117 Å². The second-order valence-electron chi connectivity index (χ2n) is 4.41. The molecule has 0 spiro atoms. The number of piperidine rings is 1. The molecule has 1 N–H and O–H groups in total. The highest BCUT2D eigenvalue weighted by Gasteiger charge is 2.24. The predicted octanol–water partition coefficient (Wildman–Crippen LogP) is 1.34. The zero-order chi connectivity index (χ0) is 13.7. The van der Waals surface area contributed by atoms with E-state index in [9.17, 15) is 4.79 Å². The summed E-state index contributed by atoms with van der Waals surface area (Å²) in [5.41, 5.74) is 0.670. The van der Waals surface area contributed by atoms with E-state index in [1.54, 1.807) is 13.2 Å². The summed E-state index contributed by atoms with van der Waals surface area (Å²) >= 11 is 1.42. The first-order valence-electron chi connectivity index (χ1n) is 6.25. The van der Waals surface area contributed by atoms with Gasteiger partial charge in [-0.2, -0.15) is 0 Å². The number of hydrogen-bond acceptors (Lipinski definition) is 4. The van der Waals surface area contributed by atoms with Crippen molar-refractivity contribution in [2.45, 2.75) is 18.9 Å². The highest BCUT2D eigenvalue weighted by Crippen LogP contribution is 2.19. The van der Waals surface area contributed by atoms with Crippen molar-refractivity contribution >= 4 is 17.2 Å². The highest BCUT2D eigenvalue weighted by molar-refractivity contribution is 7.10. The van der Waals surface area contributed by atoms with Gasteiger partial charge < -0.3 is 14.7 Å². The lowest BCUT2D eigenvalue weighted by atomic mass is 10.1. The van der Waals surface area contributed by atoms with Crippen LogP contribution in [-0.4, -0.2) is 48.8 Å². The summed E-state index contributed by atoms with van der Waals surface area (Å²) in [5.74, 6) is 5.44. The van der Waals surface area contributed by atoms with Crippen LogP contribution in [0.2, 0.25) is 0 Å². The summed E-state index contributed by atoms with van der Waals surface area (Å²) in [6.45, 7) is 1.28. The van der Waals surface area contributed by atoms with Crippen molar-refractivity contribution in [2.75, 3.05) is 26.8 Å². The first kappa shape index (κ1) is 14.1. The molecular weight excluding hydrogens is 262 g/mol. The average Bonchev–Trinajstić information content (AvgIpc) is 2.93. The number of thiophene rings is 1. The van der Waals surface area contributed by atoms with Crippen LogP contribution >= 0.6 is 11.3 Å². The number of aliphatic hydroxyl groups is 1. The van der Waals surface area contributed by atoms with Crippen LogP contribution in [0.1, 0.15) is 28.1 Å². The minimum absolute atomic E-state index is 0.0371. The molecule has 2 heterocycles. The zero-order valence-electron chi connectivity index (χ0n) is 10.9. The molecule has 0 bridgehead atoms. The molecule has 1 saturated heterocycles. The van der Waals surface area contributed by atoms with Crippen LogP contribution in [0, 0.1) is 11.8 Å². The topological polar surface area (TPSA) is 49.8 Å². The summed E-state index contributed by atoms with van der Waals surface area (Å²) in [5, 5.41) is 10.5. The second kappa shape index (κ2) is 6.71. The number of rotatable bonds is 2. The molecule has 5 heteroatoms. The number of carbonyl (C=O) groups is 1. The van der Waals surface area contributed by atoms with Gasteiger partial charge in [0.2, 0.25) is 0 Å². The van der Waals surface area contributed by atoms with Crippen molar-refractivity contribution in [2.24, 2.45) is 0 Å². The smallest absolute Gasteiger partial charge is 0.254 e. The van der Waals surface area contributed by atoms with E-state index in [2.05, 4.69) is 11.8 Å². The Balaban J connectivity index is 2.04. The Hall–Kier alpha value is -1.35. The Morgan fingerprint density at radius 2 is 2.53 bits per heavy atom. The van der Waals surface area contributed by atoms with Crippen molar-refractivity contribution in [1.82, 2.24) is 4.90 Å². The van der Waals surface area contributed by atoms with Gasteiger partial charge in [-0.25, -0.2) is 0 Å². The molecule has 1 aromatic heterocycles. The average molecular weight is 279 g/mol. The van der Waals surface area contributed by atoms with Gasteiger partial charge in [0.05, 0.1) is 16.5 Å². The van der Waals surface area contributed by atoms with Crippen molar-refractivity contribution in [3.05, 3.63) is 21.9 Å². The molecule has 0 saturated carbocycles. The normalized spacial score (nSPS) is 18.8. The molecule has 1 aliphatic rings. The summed E-state index contributed by atoms with van der Waals surface area (Å²) in [4.78, 5) is 15.0. The van der Waals surface area contributed by atoms with E-state index in [1.807, 2.05) is 10.3 Å². The fraction of sp³-hybridized carbons (Fsp3) is 0.500. The van der Waals surface area contributed by atoms with Crippen LogP contribution < -0.4 is 0 Å². The van der Waals surface area contributed by atoms with Crippen LogP contribution in [-0.2, 0) is 4.74 Å². The third-order valence-electron chi connectivity index (χ3n) is 3.14. The number of amides is 1. The molecule has 2 rings (SSSR count). The molecular formula is C14H17NO3S. The molecule has 1 aromatic rings. The lowest BCUT2D eigenvalue weighted by molar-refractivity contribution is 0.0269. The van der Waals surface area contributed by atoms with Crippen LogP contribution in [0.25, 0.3) is 0 Å². The van der Waals surface area contributed by atoms with Gasteiger partial charge in [-0.1, -0.05) is 11.8 Å². The maximum atomic E-state index is 12.3. The van der Waals surface area contributed by atoms with E-state index in [4.69, 9.17) is 9.84 Å². The predicted molar refractivity (Wildman–Crippen MR) is 74.2 cm³/mol. The van der Waals surface area contributed by atoms with Gasteiger partial charge in [-0.3, -0.25) is 4.79 Å². The van der Waals surface area contributed by atoms with Crippen molar-refractivity contribution in [3.63, 3.8) is 0 Å². The van der Waals surface area contributed by atoms with E-state index in [-0.39, 0.29) is 18.6 Å². The Bertz CT molecular complexity index is 500. The quantitative estimate of drug-likeness (QED) is 0.831. The fourth-order valence-corrected chi connectivity index (χ4v) is 2.89. The van der Waals surface area contributed by atoms with Crippen molar-refractivity contribution in [1.29, 1.82) is 0 Å². The minimum Gasteiger partial charge on any atom is -0.384 e. The molecule has 1 unspecified atom stereocenters. The number of nitrogens with zero attached hydrogens (tertiary/aromatic N) is 1. The Kier molecular flexibility index (Phi) is 4.97. The molecule has 1 fully saturated rings. The van der Waals surface area contributed by atoms with E-state index in [0.29, 0.717) is 12.1 Å². The lowest BCUT2D eigenvalue weighted by Crippen LogP contribution is -2.42. The molecule has 4 nitrogen and oxygen atoms in total. The number of likely N-dealkylation sites (tertiary alicyclic amines) is 1. The second-order valence-corrected chi connectivity index (χ2v) is 5.32. The fourth-order valence-electron chi connectivity index (χ4n) is 2.14. The number of aliphatic hydroxyl groups excluding tert-OH is 1. The summed E-state index contributed by atoms with van der Waals surface area (Å²) < 4.78 is 5.32. The lowest BCUT2D eigenvalue weighted by Gasteiger charge is -2.31. The minimum atomic E-state index is -0.164. The third kappa shape index (κ3) is 3.57. The van der Waals surface area contributed by atoms with Gasteiger partial charge in [0.25, 0.3) is 5.91 Å². The number of ether oxygens (including phenoxy) is 1. The van der Waals surface area contributed by atoms with Crippen molar-refractivity contribution < 1.29 is 14.6 Å². The number of methoxy groups -OCH3 is 1. The molecule has 0 aromatic carbocycles. The molecule has 19 heavy (non-hydrogen) atoms. The molecule has 1 aliphatic heterocycles. The Morgan fingerprint density at radius 3 is 3.26 bits per heavy atom. The third-order valence-corrected chi connectivity index (χ3v) is 3.98. The van der Waals surface area contributed by atoms with Gasteiger partial charge >= 0.3 is 0 Å². The Morgan fingerprint density at radius 1 is 1.68 bits per heavy atom. The van der Waals surface area contributed by atoms with Crippen LogP contribution in [0.3, 0.4) is 0 Å². The van der Waals surface area contributed by atoms with E-state index in [1.165, 1.54) is 11.3 Å². The molecule has 0 radical (unpaired) electrons. The first-order valence-corrected chi connectivity index (χ1v) is 7.13. The standard InChI is InChI=1S/C14H17NO3S/c1-18-12-4-2-6-15(9-12)14(17)11-8-13(19-10-11)5-3-7-16/h8,10,12,16H,2,4,6-7,9H2,1H3. The van der Waals surface area contributed by atoms with E-state index < -0.39 is 0 Å². The summed E-state index contributed by atoms with van der Waals surface area (Å²) in [7, 11) is 1.69. The van der Waals surface area contributed by atoms with Gasteiger partial charge in [-0.05, 0) is 18.9 Å². The maximum absolute atomic E-state index is 12.3. The van der Waals surface area contributed by atoms with Gasteiger partial charge in [0.1, 0.15) is 6.61 Å². The molecule has 0 aliphatic carbocycles. The monoisotopic (exact) mass is 279 g/mol. The zero-order valence-corrected chi connectivity index (χ0v) is 11.7. The molecule has 1 atom stereocenters. The first-order chi connectivity index (χ1) is 9.24. The SMILES string of the molecule is COC1CCCN(C(=O)c2csc(C#CCO)c2)C1. The number of hydrogen-bond donors (Lipinski definition) is 1. The molecule has 1 amide bonds. The summed E-state index contributed by atoms with van der Waals surface area (Å²) in [6, 6.07) is 1.78. The van der Waals surface area contributed by atoms with Crippen LogP contribution in [0.5, 0.6) is 0 Å². The maximum Gasteiger partial charge on any atom is 0.254 e. The van der Waals surface area contributed by atoms with E-state index in [0.717, 1.165) is 24.3 Å². The largest absolute Gasteiger partial charge is 0.384 e. The van der Waals surface area contributed by atoms with E-state index >= 15 is 0 Å². The van der Waals surface area contributed by atoms with Crippen LogP contribution in [0.4, 0.5) is 0 Å². The van der Waals surface area contributed by atoms with Gasteiger partial charge in [0, 0.05) is 25.6 Å². The van der Waals surface area contributed by atoms with Gasteiger partial charge in [-0.15, -0.1) is 11.3 Å². The van der Waals surface area contributed by atoms with Gasteiger partial charge in [0.15, 0.2) is 0 Å². The summed E-state index contributed by atoms with van der Waals surface area (Å²) in [6.07, 6.45) is 2.13.